The first-order valence-electron chi connectivity index (χ1n) is 5.39. The lowest BCUT2D eigenvalue weighted by Crippen LogP contribution is -2.33. The van der Waals surface area contributed by atoms with E-state index in [2.05, 4.69) is 14.8 Å². The van der Waals surface area contributed by atoms with E-state index in [4.69, 9.17) is 0 Å². The van der Waals surface area contributed by atoms with Gasteiger partial charge in [-0.05, 0) is 20.4 Å². The molecular formula is C11H19NO5. The van der Waals surface area contributed by atoms with E-state index in [9.17, 15) is 14.4 Å². The molecule has 0 saturated heterocycles. The molecule has 1 atom stereocenters. The van der Waals surface area contributed by atoms with E-state index in [1.54, 1.807) is 7.05 Å². The number of ketones is 2. The Morgan fingerprint density at radius 1 is 1.24 bits per heavy atom. The minimum atomic E-state index is -0.875. The zero-order valence-electron chi connectivity index (χ0n) is 10.4. The third kappa shape index (κ3) is 6.80. The van der Waals surface area contributed by atoms with Crippen LogP contribution in [0.15, 0.2) is 0 Å². The van der Waals surface area contributed by atoms with Gasteiger partial charge in [0.05, 0.1) is 12.6 Å². The van der Waals surface area contributed by atoms with Crippen LogP contribution in [0.4, 0.5) is 0 Å². The first kappa shape index (κ1) is 15.7. The summed E-state index contributed by atoms with van der Waals surface area (Å²) in [6.07, 6.45) is 0.293. The summed E-state index contributed by atoms with van der Waals surface area (Å²) in [5.74, 6) is -1.56. The van der Waals surface area contributed by atoms with Gasteiger partial charge in [0.15, 0.2) is 0 Å². The average Bonchev–Trinajstić information content (AvgIpc) is 2.29. The van der Waals surface area contributed by atoms with Crippen LogP contribution in [0.1, 0.15) is 19.8 Å². The van der Waals surface area contributed by atoms with Crippen LogP contribution in [0.3, 0.4) is 0 Å². The molecule has 0 radical (unpaired) electrons. The van der Waals surface area contributed by atoms with Crippen LogP contribution in [-0.4, -0.2) is 50.9 Å². The average molecular weight is 245 g/mol. The summed E-state index contributed by atoms with van der Waals surface area (Å²) in [4.78, 5) is 33.5. The minimum absolute atomic E-state index is 0.00307. The Bertz CT molecular complexity index is 277. The molecule has 0 aromatic carbocycles. The molecule has 0 aliphatic rings. The number of methoxy groups -OCH3 is 1. The van der Waals surface area contributed by atoms with Crippen molar-refractivity contribution in [3.8, 4) is 0 Å². The molecule has 0 amide bonds. The van der Waals surface area contributed by atoms with E-state index in [1.165, 1.54) is 14.0 Å². The summed E-state index contributed by atoms with van der Waals surface area (Å²) in [5.41, 5.74) is 0. The molecule has 0 bridgehead atoms. The minimum Gasteiger partial charge on any atom is -0.458 e. The standard InChI is InChI=1S/C11H19NO5/c1-8(13)9(12-2)4-5-10(14)11(15)17-7-6-16-3/h9,12H,4-7H2,1-3H3/t9-/m0/s1. The van der Waals surface area contributed by atoms with Gasteiger partial charge in [-0.2, -0.15) is 0 Å². The topological polar surface area (TPSA) is 81.7 Å². The van der Waals surface area contributed by atoms with Gasteiger partial charge in [-0.15, -0.1) is 0 Å². The Morgan fingerprint density at radius 2 is 1.88 bits per heavy atom. The number of Topliss-reactive ketones (excluding diaryl/α,β-unsaturated/α-hetero) is 2. The van der Waals surface area contributed by atoms with E-state index >= 15 is 0 Å². The van der Waals surface area contributed by atoms with Gasteiger partial charge < -0.3 is 14.8 Å². The maximum absolute atomic E-state index is 11.3. The largest absolute Gasteiger partial charge is 0.458 e. The van der Waals surface area contributed by atoms with Crippen molar-refractivity contribution in [1.29, 1.82) is 0 Å². The second-order valence-electron chi connectivity index (χ2n) is 3.54. The van der Waals surface area contributed by atoms with Crippen molar-refractivity contribution in [3.63, 3.8) is 0 Å². The first-order chi connectivity index (χ1) is 8.02. The number of carbonyl (C=O) groups excluding carboxylic acids is 3. The molecule has 0 aliphatic heterocycles. The molecule has 0 aromatic rings. The molecule has 98 valence electrons. The smallest absolute Gasteiger partial charge is 0.374 e. The van der Waals surface area contributed by atoms with Crippen molar-refractivity contribution in [2.75, 3.05) is 27.4 Å². The van der Waals surface area contributed by atoms with Crippen LogP contribution < -0.4 is 5.32 Å². The molecule has 0 aromatic heterocycles. The molecular weight excluding hydrogens is 226 g/mol. The Balaban J connectivity index is 3.92. The Labute approximate surface area is 101 Å². The summed E-state index contributed by atoms with van der Waals surface area (Å²) in [7, 11) is 3.10. The second kappa shape index (κ2) is 8.83. The van der Waals surface area contributed by atoms with Gasteiger partial charge in [-0.25, -0.2) is 4.79 Å². The maximum atomic E-state index is 11.3. The fourth-order valence-corrected chi connectivity index (χ4v) is 1.23. The van der Waals surface area contributed by atoms with Gasteiger partial charge in [0, 0.05) is 13.5 Å². The van der Waals surface area contributed by atoms with Gasteiger partial charge >= 0.3 is 5.97 Å². The van der Waals surface area contributed by atoms with E-state index < -0.39 is 17.8 Å². The molecule has 1 N–H and O–H groups in total. The Hall–Kier alpha value is -1.27. The maximum Gasteiger partial charge on any atom is 0.374 e. The van der Waals surface area contributed by atoms with Crippen LogP contribution in [0.25, 0.3) is 0 Å². The van der Waals surface area contributed by atoms with E-state index in [0.29, 0.717) is 6.42 Å². The van der Waals surface area contributed by atoms with Crippen molar-refractivity contribution < 1.29 is 23.9 Å². The second-order valence-corrected chi connectivity index (χ2v) is 3.54. The van der Waals surface area contributed by atoms with E-state index in [-0.39, 0.29) is 25.4 Å². The number of esters is 1. The zero-order chi connectivity index (χ0) is 13.3. The van der Waals surface area contributed by atoms with Crippen LogP contribution in [-0.2, 0) is 23.9 Å². The summed E-state index contributed by atoms with van der Waals surface area (Å²) >= 11 is 0. The van der Waals surface area contributed by atoms with Crippen molar-refractivity contribution in [2.45, 2.75) is 25.8 Å². The summed E-state index contributed by atoms with van der Waals surface area (Å²) in [6, 6.07) is -0.397. The number of hydrogen-bond acceptors (Lipinski definition) is 6. The fourth-order valence-electron chi connectivity index (χ4n) is 1.23. The molecule has 0 spiro atoms. The van der Waals surface area contributed by atoms with Gasteiger partial charge in [0.25, 0.3) is 0 Å². The predicted molar refractivity (Wildman–Crippen MR) is 60.6 cm³/mol. The van der Waals surface area contributed by atoms with Gasteiger partial charge in [0.2, 0.25) is 5.78 Å². The molecule has 0 aliphatic carbocycles. The number of carbonyl (C=O) groups is 3. The third-order valence-corrected chi connectivity index (χ3v) is 2.25. The Kier molecular flexibility index (Phi) is 8.17. The van der Waals surface area contributed by atoms with Gasteiger partial charge in [-0.3, -0.25) is 9.59 Å². The molecule has 0 rings (SSSR count). The highest BCUT2D eigenvalue weighted by molar-refractivity contribution is 6.33. The quantitative estimate of drug-likeness (QED) is 0.341. The normalized spacial score (nSPS) is 11.9. The van der Waals surface area contributed by atoms with Crippen molar-refractivity contribution in [1.82, 2.24) is 5.32 Å². The van der Waals surface area contributed by atoms with Gasteiger partial charge in [-0.1, -0.05) is 0 Å². The van der Waals surface area contributed by atoms with Crippen LogP contribution >= 0.6 is 0 Å². The highest BCUT2D eigenvalue weighted by Crippen LogP contribution is 2.00. The molecule has 0 unspecified atom stereocenters. The molecule has 0 fully saturated rings. The zero-order valence-corrected chi connectivity index (χ0v) is 10.4. The van der Waals surface area contributed by atoms with Crippen LogP contribution in [0.5, 0.6) is 0 Å². The van der Waals surface area contributed by atoms with Crippen LogP contribution in [0, 0.1) is 0 Å². The molecule has 6 nitrogen and oxygen atoms in total. The summed E-state index contributed by atoms with van der Waals surface area (Å²) < 4.78 is 9.33. The van der Waals surface area contributed by atoms with Crippen molar-refractivity contribution in [2.24, 2.45) is 0 Å². The number of likely N-dealkylation sites (N-methyl/N-ethyl adjacent to an activating group) is 1. The Morgan fingerprint density at radius 3 is 2.35 bits per heavy atom. The number of ether oxygens (including phenoxy) is 2. The highest BCUT2D eigenvalue weighted by Gasteiger charge is 2.19. The first-order valence-corrected chi connectivity index (χ1v) is 5.39. The van der Waals surface area contributed by atoms with Gasteiger partial charge in [0.1, 0.15) is 12.4 Å². The SMILES string of the molecule is CN[C@@H](CCC(=O)C(=O)OCCOC)C(C)=O. The fraction of sp³-hybridized carbons (Fsp3) is 0.727. The number of hydrogen-bond donors (Lipinski definition) is 1. The monoisotopic (exact) mass is 245 g/mol. The number of rotatable bonds is 9. The third-order valence-electron chi connectivity index (χ3n) is 2.25. The predicted octanol–water partition coefficient (Wildman–Crippen LogP) is -0.298. The summed E-state index contributed by atoms with van der Waals surface area (Å²) in [6.45, 7) is 1.75. The lowest BCUT2D eigenvalue weighted by molar-refractivity contribution is -0.154. The van der Waals surface area contributed by atoms with Crippen molar-refractivity contribution in [3.05, 3.63) is 0 Å². The molecule has 0 saturated carbocycles. The summed E-state index contributed by atoms with van der Waals surface area (Å²) in [5, 5.41) is 2.77. The van der Waals surface area contributed by atoms with E-state index in [0.717, 1.165) is 0 Å². The molecule has 17 heavy (non-hydrogen) atoms. The molecule has 6 heteroatoms. The van der Waals surface area contributed by atoms with Crippen LogP contribution in [0.2, 0.25) is 0 Å². The number of nitrogens with one attached hydrogen (secondary N) is 1. The van der Waals surface area contributed by atoms with Crippen molar-refractivity contribution >= 4 is 17.5 Å². The van der Waals surface area contributed by atoms with E-state index in [1.807, 2.05) is 0 Å². The lowest BCUT2D eigenvalue weighted by Gasteiger charge is -2.11. The molecule has 0 heterocycles. The lowest BCUT2D eigenvalue weighted by atomic mass is 10.1. The highest BCUT2D eigenvalue weighted by atomic mass is 16.6.